The first-order valence-corrected chi connectivity index (χ1v) is 5.94. The first kappa shape index (κ1) is 13.2. The minimum atomic E-state index is 0.193. The molecule has 0 bridgehead atoms. The van der Waals surface area contributed by atoms with Crippen molar-refractivity contribution >= 4 is 17.4 Å². The van der Waals surface area contributed by atoms with E-state index in [-0.39, 0.29) is 5.78 Å². The molecule has 1 aromatic rings. The van der Waals surface area contributed by atoms with Crippen LogP contribution in [-0.2, 0) is 16.0 Å². The van der Waals surface area contributed by atoms with E-state index < -0.39 is 0 Å². The number of ether oxygens (including phenoxy) is 1. The standard InChI is InChI=1S/C13H17ClO2/c1-2-7-16-8-6-13(15)10-11-4-3-5-12(14)9-11/h3-5,9H,2,6-8,10H2,1H3. The summed E-state index contributed by atoms with van der Waals surface area (Å²) in [5.41, 5.74) is 0.966. The van der Waals surface area contributed by atoms with Gasteiger partial charge in [-0.25, -0.2) is 0 Å². The van der Waals surface area contributed by atoms with Gasteiger partial charge in [0.2, 0.25) is 0 Å². The Morgan fingerprint density at radius 3 is 2.88 bits per heavy atom. The van der Waals surface area contributed by atoms with Crippen molar-refractivity contribution in [2.45, 2.75) is 26.2 Å². The molecular weight excluding hydrogens is 224 g/mol. The van der Waals surface area contributed by atoms with Gasteiger partial charge in [0, 0.05) is 24.5 Å². The first-order valence-electron chi connectivity index (χ1n) is 5.56. The van der Waals surface area contributed by atoms with Crippen LogP contribution in [-0.4, -0.2) is 19.0 Å². The maximum atomic E-state index is 11.6. The second-order valence-electron chi connectivity index (χ2n) is 3.71. The fourth-order valence-corrected chi connectivity index (χ4v) is 1.61. The minimum Gasteiger partial charge on any atom is -0.381 e. The molecule has 0 unspecified atom stereocenters. The molecule has 0 spiro atoms. The van der Waals surface area contributed by atoms with Crippen molar-refractivity contribution < 1.29 is 9.53 Å². The highest BCUT2D eigenvalue weighted by molar-refractivity contribution is 6.30. The number of halogens is 1. The summed E-state index contributed by atoms with van der Waals surface area (Å²) in [7, 11) is 0. The molecule has 3 heteroatoms. The number of Topliss-reactive ketones (excluding diaryl/α,β-unsaturated/α-hetero) is 1. The fourth-order valence-electron chi connectivity index (χ4n) is 1.40. The Kier molecular flexibility index (Phi) is 6.12. The molecule has 0 aliphatic heterocycles. The van der Waals surface area contributed by atoms with E-state index in [4.69, 9.17) is 16.3 Å². The SMILES string of the molecule is CCCOCCC(=O)Cc1cccc(Cl)c1. The highest BCUT2D eigenvalue weighted by atomic mass is 35.5. The van der Waals surface area contributed by atoms with Crippen molar-refractivity contribution in [2.24, 2.45) is 0 Å². The van der Waals surface area contributed by atoms with Crippen molar-refractivity contribution in [3.8, 4) is 0 Å². The molecular formula is C13H17ClO2. The third kappa shape index (κ3) is 5.29. The molecule has 0 radical (unpaired) electrons. The second-order valence-corrected chi connectivity index (χ2v) is 4.14. The summed E-state index contributed by atoms with van der Waals surface area (Å²) >= 11 is 5.84. The molecule has 0 heterocycles. The molecule has 0 amide bonds. The zero-order valence-corrected chi connectivity index (χ0v) is 10.3. The molecule has 0 fully saturated rings. The van der Waals surface area contributed by atoms with Crippen molar-refractivity contribution in [3.05, 3.63) is 34.9 Å². The Hall–Kier alpha value is -0.860. The largest absolute Gasteiger partial charge is 0.381 e. The smallest absolute Gasteiger partial charge is 0.139 e. The lowest BCUT2D eigenvalue weighted by molar-refractivity contribution is -0.119. The number of ketones is 1. The molecule has 2 nitrogen and oxygen atoms in total. The van der Waals surface area contributed by atoms with Crippen LogP contribution in [0.3, 0.4) is 0 Å². The van der Waals surface area contributed by atoms with Gasteiger partial charge in [0.15, 0.2) is 0 Å². The summed E-state index contributed by atoms with van der Waals surface area (Å²) in [6.07, 6.45) is 1.91. The molecule has 16 heavy (non-hydrogen) atoms. The van der Waals surface area contributed by atoms with E-state index >= 15 is 0 Å². The van der Waals surface area contributed by atoms with E-state index in [0.29, 0.717) is 24.5 Å². The zero-order chi connectivity index (χ0) is 11.8. The van der Waals surface area contributed by atoms with Gasteiger partial charge in [-0.05, 0) is 24.1 Å². The maximum absolute atomic E-state index is 11.6. The molecule has 0 saturated heterocycles. The lowest BCUT2D eigenvalue weighted by Gasteiger charge is -2.03. The van der Waals surface area contributed by atoms with Crippen molar-refractivity contribution in [1.29, 1.82) is 0 Å². The predicted octanol–water partition coefficient (Wildman–Crippen LogP) is 3.27. The number of rotatable bonds is 7. The second kappa shape index (κ2) is 7.42. The van der Waals surface area contributed by atoms with Crippen LogP contribution in [0.4, 0.5) is 0 Å². The molecule has 0 aliphatic carbocycles. The van der Waals surface area contributed by atoms with Crippen molar-refractivity contribution in [1.82, 2.24) is 0 Å². The molecule has 1 aromatic carbocycles. The number of hydrogen-bond acceptors (Lipinski definition) is 2. The van der Waals surface area contributed by atoms with Crippen molar-refractivity contribution in [3.63, 3.8) is 0 Å². The third-order valence-corrected chi connectivity index (χ3v) is 2.40. The van der Waals surface area contributed by atoms with Gasteiger partial charge in [-0.3, -0.25) is 4.79 Å². The lowest BCUT2D eigenvalue weighted by Crippen LogP contribution is -2.07. The van der Waals surface area contributed by atoms with Gasteiger partial charge in [0.25, 0.3) is 0 Å². The van der Waals surface area contributed by atoms with Crippen LogP contribution in [0.1, 0.15) is 25.3 Å². The normalized spacial score (nSPS) is 10.4. The van der Waals surface area contributed by atoms with Gasteiger partial charge in [-0.15, -0.1) is 0 Å². The van der Waals surface area contributed by atoms with Crippen LogP contribution >= 0.6 is 11.6 Å². The quantitative estimate of drug-likeness (QED) is 0.684. The van der Waals surface area contributed by atoms with Gasteiger partial charge in [-0.1, -0.05) is 30.7 Å². The van der Waals surface area contributed by atoms with E-state index in [1.165, 1.54) is 0 Å². The Morgan fingerprint density at radius 1 is 1.38 bits per heavy atom. The lowest BCUT2D eigenvalue weighted by atomic mass is 10.1. The average molecular weight is 241 g/mol. The summed E-state index contributed by atoms with van der Waals surface area (Å²) < 4.78 is 5.27. The number of hydrogen-bond donors (Lipinski definition) is 0. The predicted molar refractivity (Wildman–Crippen MR) is 65.9 cm³/mol. The van der Waals surface area contributed by atoms with Crippen LogP contribution in [0.15, 0.2) is 24.3 Å². The van der Waals surface area contributed by atoms with Crippen LogP contribution < -0.4 is 0 Å². The molecule has 0 N–H and O–H groups in total. The molecule has 0 aromatic heterocycles. The van der Waals surface area contributed by atoms with Crippen LogP contribution in [0, 0.1) is 0 Å². The van der Waals surface area contributed by atoms with E-state index in [0.717, 1.165) is 18.6 Å². The summed E-state index contributed by atoms with van der Waals surface area (Å²) in [6, 6.07) is 7.40. The van der Waals surface area contributed by atoms with Gasteiger partial charge in [0.05, 0.1) is 6.61 Å². The number of benzene rings is 1. The highest BCUT2D eigenvalue weighted by Crippen LogP contribution is 2.11. The first-order chi connectivity index (χ1) is 7.72. The van der Waals surface area contributed by atoms with Crippen LogP contribution in [0.25, 0.3) is 0 Å². The Balaban J connectivity index is 2.29. The monoisotopic (exact) mass is 240 g/mol. The van der Waals surface area contributed by atoms with Crippen LogP contribution in [0.2, 0.25) is 5.02 Å². The Bertz CT molecular complexity index is 336. The topological polar surface area (TPSA) is 26.3 Å². The Labute approximate surface area is 102 Å². The fraction of sp³-hybridized carbons (Fsp3) is 0.462. The van der Waals surface area contributed by atoms with E-state index in [1.54, 1.807) is 6.07 Å². The molecule has 88 valence electrons. The summed E-state index contributed by atoms with van der Waals surface area (Å²) in [4.78, 5) is 11.6. The number of carbonyl (C=O) groups is 1. The summed E-state index contributed by atoms with van der Waals surface area (Å²) in [5, 5.41) is 0.674. The van der Waals surface area contributed by atoms with E-state index in [2.05, 4.69) is 0 Å². The molecule has 0 atom stereocenters. The van der Waals surface area contributed by atoms with Gasteiger partial charge < -0.3 is 4.74 Å². The average Bonchev–Trinajstić information content (AvgIpc) is 2.24. The maximum Gasteiger partial charge on any atom is 0.139 e. The highest BCUT2D eigenvalue weighted by Gasteiger charge is 2.04. The summed E-state index contributed by atoms with van der Waals surface area (Å²) in [5.74, 6) is 0.193. The molecule has 1 rings (SSSR count). The third-order valence-electron chi connectivity index (χ3n) is 2.16. The van der Waals surface area contributed by atoms with E-state index in [9.17, 15) is 4.79 Å². The number of carbonyl (C=O) groups excluding carboxylic acids is 1. The van der Waals surface area contributed by atoms with Gasteiger partial charge in [-0.2, -0.15) is 0 Å². The van der Waals surface area contributed by atoms with Crippen LogP contribution in [0.5, 0.6) is 0 Å². The van der Waals surface area contributed by atoms with Gasteiger partial charge >= 0.3 is 0 Å². The van der Waals surface area contributed by atoms with E-state index in [1.807, 2.05) is 25.1 Å². The molecule has 0 aliphatic rings. The minimum absolute atomic E-state index is 0.193. The van der Waals surface area contributed by atoms with Crippen molar-refractivity contribution in [2.75, 3.05) is 13.2 Å². The molecule has 0 saturated carbocycles. The zero-order valence-electron chi connectivity index (χ0n) is 9.54. The Morgan fingerprint density at radius 2 is 2.19 bits per heavy atom. The van der Waals surface area contributed by atoms with Gasteiger partial charge in [0.1, 0.15) is 5.78 Å². The summed E-state index contributed by atoms with van der Waals surface area (Å²) in [6.45, 7) is 3.30.